The van der Waals surface area contributed by atoms with E-state index in [1.165, 1.54) is 0 Å². The van der Waals surface area contributed by atoms with Crippen molar-refractivity contribution in [3.63, 3.8) is 0 Å². The molecule has 1 aromatic rings. The van der Waals surface area contributed by atoms with Gasteiger partial charge in [0.25, 0.3) is 0 Å². The number of aliphatic carboxylic acids is 1. The highest BCUT2D eigenvalue weighted by molar-refractivity contribution is 5.74. The van der Waals surface area contributed by atoms with Crippen molar-refractivity contribution in [2.45, 2.75) is 26.0 Å². The van der Waals surface area contributed by atoms with Crippen LogP contribution in [-0.4, -0.2) is 51.3 Å². The normalized spacial score (nSPS) is 11.7. The van der Waals surface area contributed by atoms with Crippen LogP contribution < -0.4 is 5.32 Å². The van der Waals surface area contributed by atoms with E-state index in [0.717, 1.165) is 5.56 Å². The van der Waals surface area contributed by atoms with Crippen molar-refractivity contribution in [2.24, 2.45) is 0 Å². The van der Waals surface area contributed by atoms with Crippen LogP contribution >= 0.6 is 0 Å². The van der Waals surface area contributed by atoms with E-state index in [-0.39, 0.29) is 19.0 Å². The lowest BCUT2D eigenvalue weighted by atomic mass is 10.2. The van der Waals surface area contributed by atoms with Gasteiger partial charge in [0.15, 0.2) is 6.10 Å². The molecule has 110 valence electrons. The maximum Gasteiger partial charge on any atom is 0.332 e. The first kappa shape index (κ1) is 15.9. The molecular weight excluding hydrogens is 262 g/mol. The number of nitrogens with zero attached hydrogens (tertiary/aromatic N) is 2. The Morgan fingerprint density at radius 1 is 1.40 bits per heavy atom. The van der Waals surface area contributed by atoms with Gasteiger partial charge in [-0.1, -0.05) is 0 Å². The lowest BCUT2D eigenvalue weighted by Gasteiger charge is -2.21. The summed E-state index contributed by atoms with van der Waals surface area (Å²) in [6.07, 6.45) is 1.84. The third-order valence-corrected chi connectivity index (χ3v) is 2.77. The molecule has 20 heavy (non-hydrogen) atoms. The van der Waals surface area contributed by atoms with Crippen molar-refractivity contribution in [2.75, 3.05) is 13.1 Å². The molecule has 1 atom stereocenters. The Morgan fingerprint density at radius 2 is 2.05 bits per heavy atom. The Kier molecular flexibility index (Phi) is 6.45. The van der Waals surface area contributed by atoms with Gasteiger partial charge in [-0.3, -0.25) is 4.98 Å². The van der Waals surface area contributed by atoms with Crippen LogP contribution in [0, 0.1) is 0 Å². The summed E-state index contributed by atoms with van der Waals surface area (Å²) in [5.74, 6) is -1.29. The summed E-state index contributed by atoms with van der Waals surface area (Å²) in [5.41, 5.74) is 0.961. The van der Waals surface area contributed by atoms with E-state index < -0.39 is 12.1 Å². The quantitative estimate of drug-likeness (QED) is 0.673. The summed E-state index contributed by atoms with van der Waals surface area (Å²) in [7, 11) is 0. The van der Waals surface area contributed by atoms with Gasteiger partial charge < -0.3 is 20.4 Å². The average molecular weight is 281 g/mol. The number of nitrogens with one attached hydrogen (secondary N) is 1. The third-order valence-electron chi connectivity index (χ3n) is 2.77. The van der Waals surface area contributed by atoms with E-state index in [1.807, 2.05) is 19.1 Å². The maximum absolute atomic E-state index is 11.9. The molecule has 0 bridgehead atoms. The standard InChI is InChI=1S/C13H19N3O4/c1-2-16(9-10-3-6-14-7-4-10)13(20)15-8-5-11(17)12(18)19/h3-4,6-7,11,17H,2,5,8-9H2,1H3,(H,15,20)(H,18,19)/t11-/m0/s1. The number of carbonyl (C=O) groups is 2. The number of carboxylic acid groups (broad SMARTS) is 1. The van der Waals surface area contributed by atoms with Crippen molar-refractivity contribution >= 4 is 12.0 Å². The molecule has 3 N–H and O–H groups in total. The van der Waals surface area contributed by atoms with E-state index in [0.29, 0.717) is 13.1 Å². The first-order valence-corrected chi connectivity index (χ1v) is 6.37. The molecular formula is C13H19N3O4. The van der Waals surface area contributed by atoms with Crippen molar-refractivity contribution < 1.29 is 19.8 Å². The van der Waals surface area contributed by atoms with E-state index in [4.69, 9.17) is 10.2 Å². The van der Waals surface area contributed by atoms with Gasteiger partial charge in [0.1, 0.15) is 0 Å². The van der Waals surface area contributed by atoms with Gasteiger partial charge in [0.2, 0.25) is 0 Å². The number of urea groups is 1. The van der Waals surface area contributed by atoms with Gasteiger partial charge >= 0.3 is 12.0 Å². The molecule has 0 aliphatic rings. The molecule has 0 aliphatic heterocycles. The zero-order valence-electron chi connectivity index (χ0n) is 11.3. The van der Waals surface area contributed by atoms with Crippen LogP contribution in [0.5, 0.6) is 0 Å². The highest BCUT2D eigenvalue weighted by Gasteiger charge is 2.15. The first-order valence-electron chi connectivity index (χ1n) is 6.37. The van der Waals surface area contributed by atoms with Gasteiger partial charge in [-0.05, 0) is 24.6 Å². The maximum atomic E-state index is 11.9. The van der Waals surface area contributed by atoms with Crippen LogP contribution in [0.25, 0.3) is 0 Å². The summed E-state index contributed by atoms with van der Waals surface area (Å²) < 4.78 is 0. The third kappa shape index (κ3) is 5.23. The second-order valence-corrected chi connectivity index (χ2v) is 4.24. The van der Waals surface area contributed by atoms with Crippen LogP contribution in [0.2, 0.25) is 0 Å². The Bertz CT molecular complexity index is 439. The van der Waals surface area contributed by atoms with Crippen molar-refractivity contribution in [3.05, 3.63) is 30.1 Å². The monoisotopic (exact) mass is 281 g/mol. The minimum atomic E-state index is -1.45. The number of amides is 2. The molecule has 1 rings (SSSR count). The second kappa shape index (κ2) is 8.11. The SMILES string of the molecule is CCN(Cc1ccncc1)C(=O)NCC[C@H](O)C(=O)O. The van der Waals surface area contributed by atoms with Crippen molar-refractivity contribution in [3.8, 4) is 0 Å². The Hall–Kier alpha value is -2.15. The van der Waals surface area contributed by atoms with E-state index >= 15 is 0 Å². The first-order chi connectivity index (χ1) is 9.54. The molecule has 0 radical (unpaired) electrons. The van der Waals surface area contributed by atoms with Gasteiger partial charge in [-0.25, -0.2) is 9.59 Å². The van der Waals surface area contributed by atoms with Crippen LogP contribution in [0.3, 0.4) is 0 Å². The van der Waals surface area contributed by atoms with Crippen LogP contribution in [0.4, 0.5) is 4.79 Å². The van der Waals surface area contributed by atoms with E-state index in [9.17, 15) is 9.59 Å². The highest BCUT2D eigenvalue weighted by atomic mass is 16.4. The summed E-state index contributed by atoms with van der Waals surface area (Å²) >= 11 is 0. The molecule has 2 amide bonds. The molecule has 1 heterocycles. The molecule has 0 spiro atoms. The molecule has 7 nitrogen and oxygen atoms in total. The topological polar surface area (TPSA) is 103 Å². The number of carboxylic acids is 1. The van der Waals surface area contributed by atoms with E-state index in [1.54, 1.807) is 17.3 Å². The summed E-state index contributed by atoms with van der Waals surface area (Å²) in [6, 6.07) is 3.36. The van der Waals surface area contributed by atoms with Crippen LogP contribution in [0.1, 0.15) is 18.9 Å². The lowest BCUT2D eigenvalue weighted by molar-refractivity contribution is -0.146. The molecule has 0 unspecified atom stereocenters. The molecule has 0 aromatic carbocycles. The summed E-state index contributed by atoms with van der Waals surface area (Å²) in [5, 5.41) is 20.2. The number of aliphatic hydroxyl groups is 1. The largest absolute Gasteiger partial charge is 0.479 e. The van der Waals surface area contributed by atoms with Gasteiger partial charge in [0.05, 0.1) is 0 Å². The number of hydrogen-bond acceptors (Lipinski definition) is 4. The smallest absolute Gasteiger partial charge is 0.332 e. The zero-order valence-corrected chi connectivity index (χ0v) is 11.3. The number of pyridine rings is 1. The van der Waals surface area contributed by atoms with Crippen molar-refractivity contribution in [1.82, 2.24) is 15.2 Å². The lowest BCUT2D eigenvalue weighted by Crippen LogP contribution is -2.40. The Morgan fingerprint density at radius 3 is 2.60 bits per heavy atom. The number of rotatable bonds is 7. The summed E-state index contributed by atoms with van der Waals surface area (Å²) in [4.78, 5) is 27.8. The van der Waals surface area contributed by atoms with Crippen molar-refractivity contribution in [1.29, 1.82) is 0 Å². The predicted molar refractivity (Wildman–Crippen MR) is 72.0 cm³/mol. The van der Waals surface area contributed by atoms with E-state index in [2.05, 4.69) is 10.3 Å². The Labute approximate surface area is 117 Å². The molecule has 0 fully saturated rings. The van der Waals surface area contributed by atoms with Gasteiger partial charge in [0, 0.05) is 38.4 Å². The number of aromatic nitrogens is 1. The Balaban J connectivity index is 2.41. The van der Waals surface area contributed by atoms with Crippen LogP contribution in [0.15, 0.2) is 24.5 Å². The van der Waals surface area contributed by atoms with Crippen LogP contribution in [-0.2, 0) is 11.3 Å². The molecule has 7 heteroatoms. The minimum absolute atomic E-state index is 0.0200. The number of hydrogen-bond donors (Lipinski definition) is 3. The predicted octanol–water partition coefficient (Wildman–Crippen LogP) is 0.449. The zero-order chi connectivity index (χ0) is 15.0. The fraction of sp³-hybridized carbons (Fsp3) is 0.462. The minimum Gasteiger partial charge on any atom is -0.479 e. The fourth-order valence-corrected chi connectivity index (χ4v) is 1.59. The molecule has 0 aliphatic carbocycles. The number of carbonyl (C=O) groups excluding carboxylic acids is 1. The number of aliphatic hydroxyl groups excluding tert-OH is 1. The molecule has 0 saturated carbocycles. The molecule has 1 aromatic heterocycles. The summed E-state index contributed by atoms with van der Waals surface area (Å²) in [6.45, 7) is 2.94. The van der Waals surface area contributed by atoms with Gasteiger partial charge in [-0.15, -0.1) is 0 Å². The molecule has 0 saturated heterocycles. The van der Waals surface area contributed by atoms with Gasteiger partial charge in [-0.2, -0.15) is 0 Å². The highest BCUT2D eigenvalue weighted by Crippen LogP contribution is 2.03. The second-order valence-electron chi connectivity index (χ2n) is 4.24. The fourth-order valence-electron chi connectivity index (χ4n) is 1.59. The average Bonchev–Trinajstić information content (AvgIpc) is 2.45.